The summed E-state index contributed by atoms with van der Waals surface area (Å²) in [5, 5.41) is 0. The van der Waals surface area contributed by atoms with E-state index >= 15 is 0 Å². The molecule has 88 valence electrons. The molecule has 0 fully saturated rings. The Morgan fingerprint density at radius 2 is 2.00 bits per heavy atom. The van der Waals surface area contributed by atoms with Gasteiger partial charge in [0.05, 0.1) is 17.8 Å². The third-order valence-electron chi connectivity index (χ3n) is 2.25. The van der Waals surface area contributed by atoms with E-state index in [1.807, 2.05) is 31.2 Å². The van der Waals surface area contributed by atoms with E-state index in [9.17, 15) is 0 Å². The molecular weight excluding hydrogens is 282 g/mol. The lowest BCUT2D eigenvalue weighted by atomic mass is 10.2. The predicted octanol–water partition coefficient (Wildman–Crippen LogP) is 3.95. The Balaban J connectivity index is 2.19. The summed E-state index contributed by atoms with van der Waals surface area (Å²) >= 11 is 3.46. The summed E-state index contributed by atoms with van der Waals surface area (Å²) in [4.78, 5) is 4.14. The van der Waals surface area contributed by atoms with Crippen molar-refractivity contribution in [3.63, 3.8) is 0 Å². The molecule has 1 aromatic carbocycles. The molecule has 0 aliphatic heterocycles. The Kier molecular flexibility index (Phi) is 3.64. The summed E-state index contributed by atoms with van der Waals surface area (Å²) in [6, 6.07) is 9.48. The minimum Gasteiger partial charge on any atom is -0.495 e. The van der Waals surface area contributed by atoms with Crippen molar-refractivity contribution in [2.24, 2.45) is 0 Å². The first-order valence-electron chi connectivity index (χ1n) is 5.13. The van der Waals surface area contributed by atoms with Crippen molar-refractivity contribution in [3.05, 3.63) is 46.6 Å². The first-order chi connectivity index (χ1) is 8.19. The normalized spacial score (nSPS) is 10.1. The van der Waals surface area contributed by atoms with Crippen LogP contribution in [-0.2, 0) is 0 Å². The van der Waals surface area contributed by atoms with Gasteiger partial charge in [-0.25, -0.2) is 4.98 Å². The average Bonchev–Trinajstić information content (AvgIpc) is 2.34. The van der Waals surface area contributed by atoms with Crippen molar-refractivity contribution in [3.8, 4) is 17.4 Å². The lowest BCUT2D eigenvalue weighted by Crippen LogP contribution is -1.90. The van der Waals surface area contributed by atoms with E-state index in [0.29, 0.717) is 11.6 Å². The minimum absolute atomic E-state index is 0.537. The summed E-state index contributed by atoms with van der Waals surface area (Å²) in [6.45, 7) is 2.03. The van der Waals surface area contributed by atoms with Crippen LogP contribution in [0.5, 0.6) is 17.4 Å². The van der Waals surface area contributed by atoms with Crippen molar-refractivity contribution < 1.29 is 9.47 Å². The van der Waals surface area contributed by atoms with Gasteiger partial charge in [0.2, 0.25) is 5.88 Å². The number of benzene rings is 1. The standard InChI is InChI=1S/C13H12BrNO2/c1-9-3-5-12(11(14)7-9)17-13-6-4-10(16-2)8-15-13/h3-8H,1-2H3. The number of pyridine rings is 1. The number of rotatable bonds is 3. The highest BCUT2D eigenvalue weighted by Crippen LogP contribution is 2.29. The van der Waals surface area contributed by atoms with Gasteiger partial charge in [-0.3, -0.25) is 0 Å². The predicted molar refractivity (Wildman–Crippen MR) is 69.7 cm³/mol. The van der Waals surface area contributed by atoms with Gasteiger partial charge in [0, 0.05) is 6.07 Å². The zero-order valence-corrected chi connectivity index (χ0v) is 11.2. The highest BCUT2D eigenvalue weighted by molar-refractivity contribution is 9.10. The van der Waals surface area contributed by atoms with Gasteiger partial charge >= 0.3 is 0 Å². The van der Waals surface area contributed by atoms with Crippen LogP contribution in [0.4, 0.5) is 0 Å². The number of nitrogens with zero attached hydrogens (tertiary/aromatic N) is 1. The Morgan fingerprint density at radius 3 is 2.59 bits per heavy atom. The van der Waals surface area contributed by atoms with E-state index < -0.39 is 0 Å². The lowest BCUT2D eigenvalue weighted by molar-refractivity contribution is 0.407. The van der Waals surface area contributed by atoms with Gasteiger partial charge in [-0.15, -0.1) is 0 Å². The Hall–Kier alpha value is -1.55. The summed E-state index contributed by atoms with van der Waals surface area (Å²) < 4.78 is 11.6. The summed E-state index contributed by atoms with van der Waals surface area (Å²) in [6.07, 6.45) is 1.62. The number of methoxy groups -OCH3 is 1. The molecule has 0 unspecified atom stereocenters. The summed E-state index contributed by atoms with van der Waals surface area (Å²) in [5.74, 6) is 1.99. The quantitative estimate of drug-likeness (QED) is 0.858. The van der Waals surface area contributed by atoms with Gasteiger partial charge in [0.15, 0.2) is 0 Å². The fourth-order valence-electron chi connectivity index (χ4n) is 1.35. The molecule has 0 aliphatic carbocycles. The second-order valence-electron chi connectivity index (χ2n) is 3.57. The Morgan fingerprint density at radius 1 is 1.18 bits per heavy atom. The highest BCUT2D eigenvalue weighted by Gasteiger charge is 2.03. The van der Waals surface area contributed by atoms with Crippen LogP contribution in [0.15, 0.2) is 41.0 Å². The van der Waals surface area contributed by atoms with E-state index in [0.717, 1.165) is 10.2 Å². The van der Waals surface area contributed by atoms with Crippen LogP contribution in [0.2, 0.25) is 0 Å². The number of aryl methyl sites for hydroxylation is 1. The molecule has 0 radical (unpaired) electrons. The van der Waals surface area contributed by atoms with Gasteiger partial charge in [0.25, 0.3) is 0 Å². The third-order valence-corrected chi connectivity index (χ3v) is 2.87. The molecule has 4 heteroatoms. The summed E-state index contributed by atoms with van der Waals surface area (Å²) in [7, 11) is 1.61. The molecule has 0 saturated carbocycles. The largest absolute Gasteiger partial charge is 0.495 e. The van der Waals surface area contributed by atoms with E-state index in [-0.39, 0.29) is 0 Å². The maximum absolute atomic E-state index is 5.65. The van der Waals surface area contributed by atoms with Crippen molar-refractivity contribution in [1.29, 1.82) is 0 Å². The van der Waals surface area contributed by atoms with E-state index in [2.05, 4.69) is 20.9 Å². The van der Waals surface area contributed by atoms with Crippen molar-refractivity contribution >= 4 is 15.9 Å². The molecule has 2 aromatic rings. The third kappa shape index (κ3) is 2.97. The molecule has 1 heterocycles. The molecule has 0 atom stereocenters. The van der Waals surface area contributed by atoms with Gasteiger partial charge in [0.1, 0.15) is 11.5 Å². The van der Waals surface area contributed by atoms with Crippen LogP contribution in [0.3, 0.4) is 0 Å². The molecule has 0 spiro atoms. The fourth-order valence-corrected chi connectivity index (χ4v) is 1.92. The molecule has 0 amide bonds. The SMILES string of the molecule is COc1ccc(Oc2ccc(C)cc2Br)nc1. The Labute approximate surface area is 109 Å². The highest BCUT2D eigenvalue weighted by atomic mass is 79.9. The molecule has 3 nitrogen and oxygen atoms in total. The van der Waals surface area contributed by atoms with Gasteiger partial charge < -0.3 is 9.47 Å². The summed E-state index contributed by atoms with van der Waals surface area (Å²) in [5.41, 5.74) is 1.17. The van der Waals surface area contributed by atoms with Crippen LogP contribution in [0.25, 0.3) is 0 Å². The van der Waals surface area contributed by atoms with E-state index in [1.165, 1.54) is 5.56 Å². The van der Waals surface area contributed by atoms with Crippen molar-refractivity contribution in [1.82, 2.24) is 4.98 Å². The number of hydrogen-bond acceptors (Lipinski definition) is 3. The zero-order valence-electron chi connectivity index (χ0n) is 9.61. The topological polar surface area (TPSA) is 31.4 Å². The lowest BCUT2D eigenvalue weighted by Gasteiger charge is -2.07. The van der Waals surface area contributed by atoms with Gasteiger partial charge in [-0.05, 0) is 46.6 Å². The molecule has 17 heavy (non-hydrogen) atoms. The monoisotopic (exact) mass is 293 g/mol. The van der Waals surface area contributed by atoms with Crippen LogP contribution in [-0.4, -0.2) is 12.1 Å². The molecular formula is C13H12BrNO2. The van der Waals surface area contributed by atoms with E-state index in [4.69, 9.17) is 9.47 Å². The molecule has 0 bridgehead atoms. The smallest absolute Gasteiger partial charge is 0.219 e. The fraction of sp³-hybridized carbons (Fsp3) is 0.154. The van der Waals surface area contributed by atoms with Crippen LogP contribution >= 0.6 is 15.9 Å². The molecule has 0 N–H and O–H groups in total. The maximum Gasteiger partial charge on any atom is 0.219 e. The minimum atomic E-state index is 0.537. The van der Waals surface area contributed by atoms with Crippen molar-refractivity contribution in [2.75, 3.05) is 7.11 Å². The van der Waals surface area contributed by atoms with Crippen molar-refractivity contribution in [2.45, 2.75) is 6.92 Å². The number of hydrogen-bond donors (Lipinski definition) is 0. The number of aromatic nitrogens is 1. The number of ether oxygens (including phenoxy) is 2. The van der Waals surface area contributed by atoms with Crippen LogP contribution in [0.1, 0.15) is 5.56 Å². The number of halogens is 1. The van der Waals surface area contributed by atoms with Gasteiger partial charge in [-0.2, -0.15) is 0 Å². The Bertz CT molecular complexity index is 511. The molecule has 2 rings (SSSR count). The zero-order chi connectivity index (χ0) is 12.3. The van der Waals surface area contributed by atoms with Gasteiger partial charge in [-0.1, -0.05) is 6.07 Å². The molecule has 0 saturated heterocycles. The maximum atomic E-state index is 5.65. The molecule has 0 aliphatic rings. The van der Waals surface area contributed by atoms with E-state index in [1.54, 1.807) is 19.4 Å². The second-order valence-corrected chi connectivity index (χ2v) is 4.43. The first kappa shape index (κ1) is 11.9. The molecule has 1 aromatic heterocycles. The second kappa shape index (κ2) is 5.19. The average molecular weight is 294 g/mol. The van der Waals surface area contributed by atoms with Crippen LogP contribution < -0.4 is 9.47 Å². The first-order valence-corrected chi connectivity index (χ1v) is 5.92. The van der Waals surface area contributed by atoms with Crippen LogP contribution in [0, 0.1) is 6.92 Å².